The van der Waals surface area contributed by atoms with Gasteiger partial charge in [-0.3, -0.25) is 0 Å². The fourth-order valence-corrected chi connectivity index (χ4v) is 4.23. The Morgan fingerprint density at radius 2 is 1.89 bits per heavy atom. The van der Waals surface area contributed by atoms with E-state index >= 15 is 0 Å². The van der Waals surface area contributed by atoms with E-state index in [0.29, 0.717) is 18.9 Å². The molecule has 0 spiro atoms. The van der Waals surface area contributed by atoms with Crippen LogP contribution in [0.2, 0.25) is 0 Å². The van der Waals surface area contributed by atoms with Crippen molar-refractivity contribution in [3.8, 4) is 0 Å². The SMILES string of the molecule is O=S(=O)(c1cccc(C(F)(F)F)c1)C1CCCC1O. The molecule has 19 heavy (non-hydrogen) atoms. The second kappa shape index (κ2) is 4.79. The summed E-state index contributed by atoms with van der Waals surface area (Å²) < 4.78 is 62.1. The number of aliphatic hydroxyl groups is 1. The van der Waals surface area contributed by atoms with Crippen molar-refractivity contribution in [2.75, 3.05) is 0 Å². The summed E-state index contributed by atoms with van der Waals surface area (Å²) in [6, 6.07) is 3.65. The van der Waals surface area contributed by atoms with Gasteiger partial charge in [-0.1, -0.05) is 6.07 Å². The van der Waals surface area contributed by atoms with E-state index in [0.717, 1.165) is 18.2 Å². The third kappa shape index (κ3) is 2.76. The average molecular weight is 294 g/mol. The predicted molar refractivity (Wildman–Crippen MR) is 62.3 cm³/mol. The van der Waals surface area contributed by atoms with Gasteiger partial charge in [0, 0.05) is 0 Å². The molecule has 2 rings (SSSR count). The van der Waals surface area contributed by atoms with Gasteiger partial charge in [-0.2, -0.15) is 13.2 Å². The van der Waals surface area contributed by atoms with E-state index in [9.17, 15) is 26.7 Å². The minimum absolute atomic E-state index is 0.278. The Balaban J connectivity index is 2.41. The van der Waals surface area contributed by atoms with Crippen molar-refractivity contribution in [2.24, 2.45) is 0 Å². The van der Waals surface area contributed by atoms with E-state index in [-0.39, 0.29) is 11.3 Å². The van der Waals surface area contributed by atoms with Crippen LogP contribution in [0.1, 0.15) is 24.8 Å². The maximum atomic E-state index is 12.6. The van der Waals surface area contributed by atoms with Crippen molar-refractivity contribution < 1.29 is 26.7 Å². The standard InChI is InChI=1S/C12H13F3O3S/c13-12(14,15)8-3-1-4-9(7-8)19(17,18)11-6-2-5-10(11)16/h1,3-4,7,10-11,16H,2,5-6H2. The van der Waals surface area contributed by atoms with Crippen LogP contribution < -0.4 is 0 Å². The number of benzene rings is 1. The number of hydrogen-bond donors (Lipinski definition) is 1. The molecule has 7 heteroatoms. The molecular weight excluding hydrogens is 281 g/mol. The highest BCUT2D eigenvalue weighted by Gasteiger charge is 2.38. The first kappa shape index (κ1) is 14.3. The van der Waals surface area contributed by atoms with E-state index < -0.39 is 32.9 Å². The van der Waals surface area contributed by atoms with Crippen LogP contribution in [-0.4, -0.2) is 24.9 Å². The Bertz CT molecular complexity index is 566. The number of halogens is 3. The molecule has 1 aliphatic rings. The highest BCUT2D eigenvalue weighted by Crippen LogP contribution is 2.34. The van der Waals surface area contributed by atoms with Crippen molar-refractivity contribution >= 4 is 9.84 Å². The van der Waals surface area contributed by atoms with Crippen molar-refractivity contribution in [1.29, 1.82) is 0 Å². The summed E-state index contributed by atoms with van der Waals surface area (Å²) in [7, 11) is -3.92. The zero-order valence-electron chi connectivity index (χ0n) is 9.89. The zero-order chi connectivity index (χ0) is 14.3. The Morgan fingerprint density at radius 3 is 2.42 bits per heavy atom. The lowest BCUT2D eigenvalue weighted by molar-refractivity contribution is -0.137. The molecule has 3 nitrogen and oxygen atoms in total. The van der Waals surface area contributed by atoms with E-state index in [1.165, 1.54) is 0 Å². The topological polar surface area (TPSA) is 54.4 Å². The molecule has 106 valence electrons. The van der Waals surface area contributed by atoms with Gasteiger partial charge in [-0.15, -0.1) is 0 Å². The number of aliphatic hydroxyl groups excluding tert-OH is 1. The van der Waals surface area contributed by atoms with Gasteiger partial charge in [0.2, 0.25) is 0 Å². The summed E-state index contributed by atoms with van der Waals surface area (Å²) in [5.41, 5.74) is -0.999. The van der Waals surface area contributed by atoms with Crippen LogP contribution in [0.15, 0.2) is 29.2 Å². The van der Waals surface area contributed by atoms with Crippen LogP contribution >= 0.6 is 0 Å². The van der Waals surface area contributed by atoms with Crippen LogP contribution in [0.25, 0.3) is 0 Å². The van der Waals surface area contributed by atoms with Crippen molar-refractivity contribution in [3.63, 3.8) is 0 Å². The number of rotatable bonds is 2. The van der Waals surface area contributed by atoms with Crippen LogP contribution in [0.5, 0.6) is 0 Å². The van der Waals surface area contributed by atoms with Crippen molar-refractivity contribution in [3.05, 3.63) is 29.8 Å². The molecule has 1 aromatic rings. The minimum Gasteiger partial charge on any atom is -0.392 e. The van der Waals surface area contributed by atoms with Crippen molar-refractivity contribution in [2.45, 2.75) is 41.7 Å². The Morgan fingerprint density at radius 1 is 1.21 bits per heavy atom. The van der Waals surface area contributed by atoms with Crippen LogP contribution in [0.3, 0.4) is 0 Å². The monoisotopic (exact) mass is 294 g/mol. The maximum Gasteiger partial charge on any atom is 0.416 e. The van der Waals surface area contributed by atoms with E-state index in [2.05, 4.69) is 0 Å². The molecule has 1 fully saturated rings. The minimum atomic E-state index is -4.58. The van der Waals surface area contributed by atoms with Crippen LogP contribution in [0, 0.1) is 0 Å². The fourth-order valence-electron chi connectivity index (χ4n) is 2.29. The largest absolute Gasteiger partial charge is 0.416 e. The summed E-state index contributed by atoms with van der Waals surface area (Å²) in [4.78, 5) is -0.381. The summed E-state index contributed by atoms with van der Waals surface area (Å²) >= 11 is 0. The van der Waals surface area contributed by atoms with Gasteiger partial charge in [-0.05, 0) is 37.5 Å². The normalized spacial score (nSPS) is 24.6. The Labute approximate surface area is 109 Å². The molecule has 0 saturated heterocycles. The van der Waals surface area contributed by atoms with Gasteiger partial charge >= 0.3 is 6.18 Å². The Kier molecular flexibility index (Phi) is 3.61. The molecule has 2 unspecified atom stereocenters. The van der Waals surface area contributed by atoms with E-state index in [1.54, 1.807) is 0 Å². The molecule has 0 aliphatic heterocycles. The van der Waals surface area contributed by atoms with Crippen molar-refractivity contribution in [1.82, 2.24) is 0 Å². The second-order valence-corrected chi connectivity index (χ2v) is 6.77. The van der Waals surface area contributed by atoms with Gasteiger partial charge in [0.05, 0.1) is 21.8 Å². The first-order valence-electron chi connectivity index (χ1n) is 5.82. The smallest absolute Gasteiger partial charge is 0.392 e. The van der Waals surface area contributed by atoms with E-state index in [4.69, 9.17) is 0 Å². The van der Waals surface area contributed by atoms with Crippen LogP contribution in [0.4, 0.5) is 13.2 Å². The lowest BCUT2D eigenvalue weighted by Crippen LogP contribution is -2.29. The number of alkyl halides is 3. The first-order chi connectivity index (χ1) is 8.73. The quantitative estimate of drug-likeness (QED) is 0.911. The molecule has 0 amide bonds. The summed E-state index contributed by atoms with van der Waals surface area (Å²) in [5, 5.41) is 8.61. The third-order valence-corrected chi connectivity index (χ3v) is 5.56. The van der Waals surface area contributed by atoms with E-state index in [1.807, 2.05) is 0 Å². The molecule has 1 aliphatic carbocycles. The lowest BCUT2D eigenvalue weighted by Gasteiger charge is -2.16. The van der Waals surface area contributed by atoms with Gasteiger partial charge in [0.15, 0.2) is 9.84 Å². The molecular formula is C12H13F3O3S. The molecule has 1 aromatic carbocycles. The summed E-state index contributed by atoms with van der Waals surface area (Å²) in [6.07, 6.45) is -4.38. The average Bonchev–Trinajstić information content (AvgIpc) is 2.75. The highest BCUT2D eigenvalue weighted by atomic mass is 32.2. The fraction of sp³-hybridized carbons (Fsp3) is 0.500. The zero-order valence-corrected chi connectivity index (χ0v) is 10.7. The molecule has 0 heterocycles. The number of hydrogen-bond acceptors (Lipinski definition) is 3. The molecule has 0 aromatic heterocycles. The third-order valence-electron chi connectivity index (χ3n) is 3.31. The molecule has 0 bridgehead atoms. The second-order valence-electron chi connectivity index (χ2n) is 4.61. The molecule has 2 atom stereocenters. The predicted octanol–water partition coefficient (Wildman–Crippen LogP) is 2.39. The maximum absolute atomic E-state index is 12.6. The molecule has 1 saturated carbocycles. The Hall–Kier alpha value is -1.08. The summed E-state index contributed by atoms with van der Waals surface area (Å²) in [5.74, 6) is 0. The van der Waals surface area contributed by atoms with Gasteiger partial charge in [0.25, 0.3) is 0 Å². The number of sulfone groups is 1. The summed E-state index contributed by atoms with van der Waals surface area (Å²) in [6.45, 7) is 0. The van der Waals surface area contributed by atoms with Crippen LogP contribution in [-0.2, 0) is 16.0 Å². The molecule has 1 N–H and O–H groups in total. The van der Waals surface area contributed by atoms with Gasteiger partial charge < -0.3 is 5.11 Å². The first-order valence-corrected chi connectivity index (χ1v) is 7.37. The van der Waals surface area contributed by atoms with Gasteiger partial charge in [0.1, 0.15) is 0 Å². The molecule has 0 radical (unpaired) electrons. The van der Waals surface area contributed by atoms with Gasteiger partial charge in [-0.25, -0.2) is 8.42 Å². The highest BCUT2D eigenvalue weighted by molar-refractivity contribution is 7.92. The lowest BCUT2D eigenvalue weighted by atomic mass is 10.2.